The van der Waals surface area contributed by atoms with Gasteiger partial charge in [-0.15, -0.1) is 0 Å². The quantitative estimate of drug-likeness (QED) is 0.557. The minimum atomic E-state index is -0.271. The average Bonchev–Trinajstić information content (AvgIpc) is 2.27. The number of carbonyl (C=O) groups excluding carboxylic acids is 1. The normalized spacial score (nSPS) is 11.9. The highest BCUT2D eigenvalue weighted by Crippen LogP contribution is 2.23. The number of methoxy groups -OCH3 is 1. The largest absolute Gasteiger partial charge is 0.374 e. The number of hydrogen-bond donors (Lipinski definition) is 0. The lowest BCUT2D eigenvalue weighted by Crippen LogP contribution is -2.19. The van der Waals surface area contributed by atoms with E-state index in [4.69, 9.17) is 4.74 Å². The summed E-state index contributed by atoms with van der Waals surface area (Å²) in [5.41, 5.74) is 1.86. The van der Waals surface area contributed by atoms with Gasteiger partial charge < -0.3 is 4.74 Å². The number of ether oxygens (including phenoxy) is 1. The predicted molar refractivity (Wildman–Crippen MR) is 61.6 cm³/mol. The van der Waals surface area contributed by atoms with Crippen molar-refractivity contribution in [2.75, 3.05) is 7.11 Å². The minimum Gasteiger partial charge on any atom is -0.374 e. The SMILES string of the molecule is COC(C)(C)c1ccc(/C=C/C=O)cc1. The van der Waals surface area contributed by atoms with Crippen LogP contribution in [0.1, 0.15) is 25.0 Å². The van der Waals surface area contributed by atoms with Gasteiger partial charge in [-0.25, -0.2) is 0 Å². The summed E-state index contributed by atoms with van der Waals surface area (Å²) in [6, 6.07) is 7.95. The molecule has 0 spiro atoms. The molecule has 15 heavy (non-hydrogen) atoms. The van der Waals surface area contributed by atoms with Gasteiger partial charge in [-0.3, -0.25) is 4.79 Å². The third-order valence-corrected chi connectivity index (χ3v) is 2.48. The third-order valence-electron chi connectivity index (χ3n) is 2.48. The highest BCUT2D eigenvalue weighted by Gasteiger charge is 2.18. The molecule has 0 bridgehead atoms. The third kappa shape index (κ3) is 3.03. The second-order valence-electron chi connectivity index (χ2n) is 3.83. The van der Waals surface area contributed by atoms with Crippen LogP contribution in [0.4, 0.5) is 0 Å². The maximum atomic E-state index is 10.1. The monoisotopic (exact) mass is 204 g/mol. The Morgan fingerprint density at radius 1 is 1.20 bits per heavy atom. The Kier molecular flexibility index (Phi) is 3.81. The highest BCUT2D eigenvalue weighted by atomic mass is 16.5. The van der Waals surface area contributed by atoms with E-state index in [1.807, 2.05) is 38.1 Å². The maximum absolute atomic E-state index is 10.1. The Bertz CT molecular complexity index is 347. The average molecular weight is 204 g/mol. The van der Waals surface area contributed by atoms with Crippen molar-refractivity contribution in [3.63, 3.8) is 0 Å². The number of allylic oxidation sites excluding steroid dienone is 1. The van der Waals surface area contributed by atoms with Crippen LogP contribution in [0.15, 0.2) is 30.3 Å². The van der Waals surface area contributed by atoms with Gasteiger partial charge >= 0.3 is 0 Å². The molecular weight excluding hydrogens is 188 g/mol. The molecule has 0 N–H and O–H groups in total. The van der Waals surface area contributed by atoms with Crippen LogP contribution >= 0.6 is 0 Å². The number of benzene rings is 1. The smallest absolute Gasteiger partial charge is 0.142 e. The molecule has 80 valence electrons. The Hall–Kier alpha value is -1.41. The summed E-state index contributed by atoms with van der Waals surface area (Å²) in [6.45, 7) is 4.03. The molecule has 0 aliphatic rings. The molecule has 0 saturated carbocycles. The van der Waals surface area contributed by atoms with E-state index in [1.54, 1.807) is 13.2 Å². The number of rotatable bonds is 4. The van der Waals surface area contributed by atoms with Gasteiger partial charge in [-0.1, -0.05) is 30.3 Å². The zero-order chi connectivity index (χ0) is 11.3. The summed E-state index contributed by atoms with van der Waals surface area (Å²) in [5, 5.41) is 0. The Balaban J connectivity index is 2.90. The van der Waals surface area contributed by atoms with E-state index in [0.29, 0.717) is 0 Å². The molecule has 2 nitrogen and oxygen atoms in total. The Labute approximate surface area is 90.6 Å². The first-order chi connectivity index (χ1) is 7.10. The molecule has 1 aromatic carbocycles. The van der Waals surface area contributed by atoms with E-state index in [2.05, 4.69) is 0 Å². The van der Waals surface area contributed by atoms with Crippen molar-refractivity contribution >= 4 is 12.4 Å². The molecule has 0 amide bonds. The van der Waals surface area contributed by atoms with Crippen LogP contribution in [0.2, 0.25) is 0 Å². The minimum absolute atomic E-state index is 0.271. The molecule has 0 aliphatic heterocycles. The van der Waals surface area contributed by atoms with Crippen molar-refractivity contribution in [1.82, 2.24) is 0 Å². The summed E-state index contributed by atoms with van der Waals surface area (Å²) in [4.78, 5) is 10.1. The van der Waals surface area contributed by atoms with Gasteiger partial charge in [0, 0.05) is 7.11 Å². The second kappa shape index (κ2) is 4.89. The summed E-state index contributed by atoms with van der Waals surface area (Å²) >= 11 is 0. The van der Waals surface area contributed by atoms with Gasteiger partial charge in [0.1, 0.15) is 6.29 Å². The molecule has 1 rings (SSSR count). The van der Waals surface area contributed by atoms with Crippen LogP contribution in [-0.4, -0.2) is 13.4 Å². The summed E-state index contributed by atoms with van der Waals surface area (Å²) < 4.78 is 5.37. The van der Waals surface area contributed by atoms with Crippen molar-refractivity contribution in [2.24, 2.45) is 0 Å². The highest BCUT2D eigenvalue weighted by molar-refractivity contribution is 5.73. The molecule has 2 heteroatoms. The Morgan fingerprint density at radius 3 is 2.27 bits per heavy atom. The van der Waals surface area contributed by atoms with Crippen LogP contribution in [-0.2, 0) is 15.1 Å². The van der Waals surface area contributed by atoms with E-state index in [0.717, 1.165) is 17.4 Å². The summed E-state index contributed by atoms with van der Waals surface area (Å²) in [5.74, 6) is 0. The predicted octanol–water partition coefficient (Wildman–Crippen LogP) is 2.78. The molecule has 0 radical (unpaired) electrons. The van der Waals surface area contributed by atoms with Crippen molar-refractivity contribution in [1.29, 1.82) is 0 Å². The number of carbonyl (C=O) groups is 1. The van der Waals surface area contributed by atoms with Gasteiger partial charge in [-0.2, -0.15) is 0 Å². The van der Waals surface area contributed by atoms with Crippen LogP contribution in [0.3, 0.4) is 0 Å². The van der Waals surface area contributed by atoms with Gasteiger partial charge in [0.2, 0.25) is 0 Å². The summed E-state index contributed by atoms with van der Waals surface area (Å²) in [7, 11) is 1.69. The molecule has 1 aromatic rings. The zero-order valence-electron chi connectivity index (χ0n) is 9.36. The van der Waals surface area contributed by atoms with Crippen molar-refractivity contribution in [2.45, 2.75) is 19.4 Å². The van der Waals surface area contributed by atoms with E-state index in [9.17, 15) is 4.79 Å². The first-order valence-electron chi connectivity index (χ1n) is 4.87. The molecule has 0 atom stereocenters. The number of aldehydes is 1. The lowest BCUT2D eigenvalue weighted by atomic mass is 9.97. The standard InChI is InChI=1S/C13H16O2/c1-13(2,15-3)12-8-6-11(7-9-12)5-4-10-14/h4-10H,1-3H3/b5-4+. The topological polar surface area (TPSA) is 26.3 Å². The zero-order valence-corrected chi connectivity index (χ0v) is 9.36. The lowest BCUT2D eigenvalue weighted by Gasteiger charge is -2.23. The molecule has 0 fully saturated rings. The van der Waals surface area contributed by atoms with Crippen molar-refractivity contribution in [3.05, 3.63) is 41.5 Å². The Morgan fingerprint density at radius 2 is 1.80 bits per heavy atom. The van der Waals surface area contributed by atoms with E-state index >= 15 is 0 Å². The maximum Gasteiger partial charge on any atom is 0.142 e. The van der Waals surface area contributed by atoms with E-state index < -0.39 is 0 Å². The van der Waals surface area contributed by atoms with E-state index in [-0.39, 0.29) is 5.60 Å². The van der Waals surface area contributed by atoms with Crippen molar-refractivity contribution < 1.29 is 9.53 Å². The molecular formula is C13H16O2. The fraction of sp³-hybridized carbons (Fsp3) is 0.308. The first kappa shape index (κ1) is 11.7. The van der Waals surface area contributed by atoms with Crippen molar-refractivity contribution in [3.8, 4) is 0 Å². The fourth-order valence-corrected chi connectivity index (χ4v) is 1.26. The van der Waals surface area contributed by atoms with Gasteiger partial charge in [0.05, 0.1) is 5.60 Å². The number of hydrogen-bond acceptors (Lipinski definition) is 2. The van der Waals surface area contributed by atoms with Crippen LogP contribution in [0.25, 0.3) is 6.08 Å². The molecule has 0 heterocycles. The van der Waals surface area contributed by atoms with E-state index in [1.165, 1.54) is 6.08 Å². The second-order valence-corrected chi connectivity index (χ2v) is 3.83. The molecule has 0 unspecified atom stereocenters. The lowest BCUT2D eigenvalue weighted by molar-refractivity contribution is -0.104. The van der Waals surface area contributed by atoms with Crippen LogP contribution in [0, 0.1) is 0 Å². The van der Waals surface area contributed by atoms with Crippen LogP contribution in [0.5, 0.6) is 0 Å². The van der Waals surface area contributed by atoms with Gasteiger partial charge in [-0.05, 0) is 31.1 Å². The van der Waals surface area contributed by atoms with Crippen LogP contribution < -0.4 is 0 Å². The summed E-state index contributed by atoms with van der Waals surface area (Å²) in [6.07, 6.45) is 4.03. The molecule has 0 saturated heterocycles. The molecule has 0 aliphatic carbocycles. The van der Waals surface area contributed by atoms with Gasteiger partial charge in [0.15, 0.2) is 0 Å². The fourth-order valence-electron chi connectivity index (χ4n) is 1.26. The first-order valence-corrected chi connectivity index (χ1v) is 4.87. The molecule has 0 aromatic heterocycles. The van der Waals surface area contributed by atoms with Gasteiger partial charge in [0.25, 0.3) is 0 Å².